The van der Waals surface area contributed by atoms with E-state index in [4.69, 9.17) is 5.26 Å². The number of hydrogen-bond acceptors (Lipinski definition) is 2. The fourth-order valence-electron chi connectivity index (χ4n) is 3.71. The summed E-state index contributed by atoms with van der Waals surface area (Å²) in [7, 11) is 0. The summed E-state index contributed by atoms with van der Waals surface area (Å²) in [6, 6.07) is 8.31. The number of hydrogen-bond donors (Lipinski definition) is 1. The smallest absolute Gasteiger partial charge is 0.311 e. The number of aliphatic carboxylic acids is 1. The molecule has 0 saturated heterocycles. The minimum atomic E-state index is -0.784. The van der Waals surface area contributed by atoms with Gasteiger partial charge in [0.25, 0.3) is 0 Å². The molecule has 0 aliphatic heterocycles. The summed E-state index contributed by atoms with van der Waals surface area (Å²) < 4.78 is 3.16. The Hall–Kier alpha value is -1.80. The molecule has 0 spiro atoms. The lowest BCUT2D eigenvalue weighted by molar-refractivity contribution is -0.138. The van der Waals surface area contributed by atoms with Gasteiger partial charge in [0.2, 0.25) is 0 Å². The maximum atomic E-state index is 11.8. The van der Waals surface area contributed by atoms with Gasteiger partial charge in [-0.15, -0.1) is 0 Å². The Morgan fingerprint density at radius 3 is 2.75 bits per heavy atom. The van der Waals surface area contributed by atoms with Crippen molar-refractivity contribution in [2.75, 3.05) is 0 Å². The van der Waals surface area contributed by atoms with Gasteiger partial charge in [-0.05, 0) is 43.9 Å². The summed E-state index contributed by atoms with van der Waals surface area (Å²) >= 11 is 3.61. The number of rotatable bonds is 6. The molecule has 126 valence electrons. The molecule has 1 aliphatic carbocycles. The third-order valence-corrected chi connectivity index (χ3v) is 5.97. The molecule has 4 nitrogen and oxygen atoms in total. The van der Waals surface area contributed by atoms with E-state index in [0.717, 1.165) is 46.0 Å². The molecule has 0 amide bonds. The van der Waals surface area contributed by atoms with Crippen molar-refractivity contribution in [1.82, 2.24) is 4.57 Å². The number of aromatic nitrogens is 1. The number of nitrogens with zero attached hydrogens (tertiary/aromatic N) is 2. The van der Waals surface area contributed by atoms with Gasteiger partial charge in [-0.25, -0.2) is 0 Å². The zero-order valence-corrected chi connectivity index (χ0v) is 15.6. The standard InChI is InChI=1S/C19H21BrN2O2/c1-3-13(18(23)24)16-12(2)22(11-19(7-8-19)9-10-21)15-6-4-5-14(20)17(15)16/h4-6,13H,3,7-9,11H2,1-2H3,(H,23,24). The van der Waals surface area contributed by atoms with Crippen LogP contribution in [0.3, 0.4) is 0 Å². The Morgan fingerprint density at radius 2 is 2.21 bits per heavy atom. The number of benzene rings is 1. The highest BCUT2D eigenvalue weighted by molar-refractivity contribution is 9.10. The molecule has 1 heterocycles. The minimum Gasteiger partial charge on any atom is -0.481 e. The van der Waals surface area contributed by atoms with Crippen molar-refractivity contribution in [2.45, 2.75) is 52.0 Å². The Labute approximate surface area is 150 Å². The second-order valence-corrected chi connectivity index (χ2v) is 7.71. The normalized spacial score (nSPS) is 16.8. The number of carboxylic acids is 1. The van der Waals surface area contributed by atoms with E-state index >= 15 is 0 Å². The minimum absolute atomic E-state index is 0.0655. The average Bonchev–Trinajstić information content (AvgIpc) is 3.24. The van der Waals surface area contributed by atoms with Crippen LogP contribution >= 0.6 is 15.9 Å². The maximum absolute atomic E-state index is 11.8. The van der Waals surface area contributed by atoms with Crippen LogP contribution in [-0.4, -0.2) is 15.6 Å². The summed E-state index contributed by atoms with van der Waals surface area (Å²) in [5, 5.41) is 19.8. The zero-order valence-electron chi connectivity index (χ0n) is 14.0. The van der Waals surface area contributed by atoms with Crippen LogP contribution in [0.15, 0.2) is 22.7 Å². The summed E-state index contributed by atoms with van der Waals surface area (Å²) in [5.74, 6) is -1.30. The van der Waals surface area contributed by atoms with Crippen LogP contribution in [-0.2, 0) is 11.3 Å². The highest BCUT2D eigenvalue weighted by Crippen LogP contribution is 2.51. The van der Waals surface area contributed by atoms with E-state index < -0.39 is 11.9 Å². The lowest BCUT2D eigenvalue weighted by Crippen LogP contribution is -2.15. The molecule has 5 heteroatoms. The van der Waals surface area contributed by atoms with Crippen molar-refractivity contribution in [2.24, 2.45) is 5.41 Å². The molecule has 1 aromatic heterocycles. The first-order valence-corrected chi connectivity index (χ1v) is 9.10. The molecule has 1 aromatic carbocycles. The van der Waals surface area contributed by atoms with E-state index in [-0.39, 0.29) is 5.41 Å². The number of nitriles is 1. The van der Waals surface area contributed by atoms with Crippen molar-refractivity contribution >= 4 is 32.8 Å². The first-order valence-electron chi connectivity index (χ1n) is 8.31. The second kappa shape index (κ2) is 6.25. The Balaban J connectivity index is 2.21. The second-order valence-electron chi connectivity index (χ2n) is 6.85. The number of fused-ring (bicyclic) bond motifs is 1. The molecule has 2 aromatic rings. The zero-order chi connectivity index (χ0) is 17.5. The molecule has 3 rings (SSSR count). The van der Waals surface area contributed by atoms with Crippen LogP contribution in [0.1, 0.15) is 49.8 Å². The molecule has 1 saturated carbocycles. The number of carbonyl (C=O) groups is 1. The Kier molecular flexibility index (Phi) is 4.44. The third kappa shape index (κ3) is 2.73. The quantitative estimate of drug-likeness (QED) is 0.758. The van der Waals surface area contributed by atoms with Gasteiger partial charge in [0, 0.05) is 39.5 Å². The first kappa shape index (κ1) is 17.0. The molecular weight excluding hydrogens is 368 g/mol. The largest absolute Gasteiger partial charge is 0.481 e. The average molecular weight is 389 g/mol. The molecule has 0 bridgehead atoms. The van der Waals surface area contributed by atoms with Gasteiger partial charge >= 0.3 is 5.97 Å². The summed E-state index contributed by atoms with van der Waals surface area (Å²) in [6.07, 6.45) is 3.25. The molecule has 1 fully saturated rings. The number of halogens is 1. The van der Waals surface area contributed by atoms with Crippen LogP contribution in [0.5, 0.6) is 0 Å². The SMILES string of the molecule is CCC(C(=O)O)c1c(C)n(CC2(CC#N)CC2)c2cccc(Br)c12. The van der Waals surface area contributed by atoms with E-state index in [1.807, 2.05) is 32.0 Å². The van der Waals surface area contributed by atoms with E-state index in [1.54, 1.807) is 0 Å². The van der Waals surface area contributed by atoms with E-state index in [9.17, 15) is 9.90 Å². The van der Waals surface area contributed by atoms with Crippen molar-refractivity contribution in [3.63, 3.8) is 0 Å². The van der Waals surface area contributed by atoms with Crippen LogP contribution in [0.2, 0.25) is 0 Å². The summed E-state index contributed by atoms with van der Waals surface area (Å²) in [4.78, 5) is 11.8. The summed E-state index contributed by atoms with van der Waals surface area (Å²) in [6.45, 7) is 4.71. The topological polar surface area (TPSA) is 66.0 Å². The van der Waals surface area contributed by atoms with Crippen LogP contribution in [0.25, 0.3) is 10.9 Å². The van der Waals surface area contributed by atoms with Gasteiger partial charge in [-0.3, -0.25) is 4.79 Å². The van der Waals surface area contributed by atoms with Crippen LogP contribution < -0.4 is 0 Å². The molecule has 1 unspecified atom stereocenters. The monoisotopic (exact) mass is 388 g/mol. The van der Waals surface area contributed by atoms with Crippen LogP contribution in [0.4, 0.5) is 0 Å². The van der Waals surface area contributed by atoms with Gasteiger partial charge in [-0.2, -0.15) is 5.26 Å². The first-order chi connectivity index (χ1) is 11.4. The Bertz CT molecular complexity index is 843. The van der Waals surface area contributed by atoms with E-state index in [2.05, 4.69) is 26.6 Å². The van der Waals surface area contributed by atoms with Gasteiger partial charge in [0.05, 0.1) is 12.0 Å². The van der Waals surface area contributed by atoms with Gasteiger partial charge in [0.15, 0.2) is 0 Å². The maximum Gasteiger partial charge on any atom is 0.311 e. The third-order valence-electron chi connectivity index (χ3n) is 5.31. The summed E-state index contributed by atoms with van der Waals surface area (Å²) in [5.41, 5.74) is 3.03. The van der Waals surface area contributed by atoms with Gasteiger partial charge in [-0.1, -0.05) is 28.9 Å². The fraction of sp³-hybridized carbons (Fsp3) is 0.474. The van der Waals surface area contributed by atoms with Crippen LogP contribution in [0, 0.1) is 23.7 Å². The molecule has 0 radical (unpaired) electrons. The Morgan fingerprint density at radius 1 is 1.50 bits per heavy atom. The highest BCUT2D eigenvalue weighted by Gasteiger charge is 2.43. The van der Waals surface area contributed by atoms with Crippen molar-refractivity contribution in [3.05, 3.63) is 33.9 Å². The fourth-order valence-corrected chi connectivity index (χ4v) is 4.28. The predicted molar refractivity (Wildman–Crippen MR) is 96.9 cm³/mol. The lowest BCUT2D eigenvalue weighted by atomic mass is 9.94. The van der Waals surface area contributed by atoms with Crippen molar-refractivity contribution in [1.29, 1.82) is 5.26 Å². The van der Waals surface area contributed by atoms with Gasteiger partial charge in [0.1, 0.15) is 0 Å². The highest BCUT2D eigenvalue weighted by atomic mass is 79.9. The molecule has 24 heavy (non-hydrogen) atoms. The molecule has 1 atom stereocenters. The molecule has 1 aliphatic rings. The number of carboxylic acid groups (broad SMARTS) is 1. The molecular formula is C19H21BrN2O2. The van der Waals surface area contributed by atoms with E-state index in [0.29, 0.717) is 12.8 Å². The predicted octanol–water partition coefficient (Wildman–Crippen LogP) is 4.98. The van der Waals surface area contributed by atoms with Gasteiger partial charge < -0.3 is 9.67 Å². The van der Waals surface area contributed by atoms with E-state index in [1.165, 1.54) is 0 Å². The van der Waals surface area contributed by atoms with Crippen molar-refractivity contribution < 1.29 is 9.90 Å². The van der Waals surface area contributed by atoms with Crippen molar-refractivity contribution in [3.8, 4) is 6.07 Å². The molecule has 1 N–H and O–H groups in total. The lowest BCUT2D eigenvalue weighted by Gasteiger charge is -2.16.